The molecule has 1 rings (SSSR count). The van der Waals surface area contributed by atoms with Crippen molar-refractivity contribution in [3.8, 4) is 6.07 Å². The van der Waals surface area contributed by atoms with Gasteiger partial charge in [-0.15, -0.1) is 0 Å². The van der Waals surface area contributed by atoms with Gasteiger partial charge in [-0.25, -0.2) is 0 Å². The maximum atomic E-state index is 12.6. The maximum Gasteiger partial charge on any atom is 0.416 e. The predicted octanol–water partition coefficient (Wildman–Crippen LogP) is 4.26. The number of carbonyl (C=O) groups is 1. The quantitative estimate of drug-likeness (QED) is 0.780. The number of hydrogen-bond donors (Lipinski definition) is 0. The number of hydrogen-bond acceptors (Lipinski definition) is 3. The van der Waals surface area contributed by atoms with Crippen LogP contribution in [-0.4, -0.2) is 10.9 Å². The third kappa shape index (κ3) is 5.10. The molecule has 0 N–H and O–H groups in total. The Hall–Kier alpha value is -1.74. The molecule has 0 unspecified atom stereocenters. The molecule has 0 atom stereocenters. The van der Waals surface area contributed by atoms with Crippen molar-refractivity contribution >= 4 is 23.0 Å². The summed E-state index contributed by atoms with van der Waals surface area (Å²) in [5.41, 5.74) is -0.363. The average molecular weight is 299 g/mol. The number of alkyl halides is 3. The molecule has 0 aliphatic heterocycles. The topological polar surface area (TPSA) is 40.9 Å². The van der Waals surface area contributed by atoms with Crippen molar-refractivity contribution in [1.82, 2.24) is 0 Å². The average Bonchev–Trinajstić information content (AvgIpc) is 2.36. The lowest BCUT2D eigenvalue weighted by Crippen LogP contribution is -2.05. The Kier molecular flexibility index (Phi) is 5.83. The maximum absolute atomic E-state index is 12.6. The van der Waals surface area contributed by atoms with Crippen LogP contribution >= 0.6 is 11.8 Å². The summed E-state index contributed by atoms with van der Waals surface area (Å²) in [6.07, 6.45) is -0.743. The van der Waals surface area contributed by atoms with E-state index in [1.54, 1.807) is 6.08 Å². The number of halogens is 3. The van der Waals surface area contributed by atoms with Gasteiger partial charge in [0.2, 0.25) is 0 Å². The Morgan fingerprint density at radius 2 is 2.15 bits per heavy atom. The van der Waals surface area contributed by atoms with E-state index in [0.717, 1.165) is 30.0 Å². The smallest absolute Gasteiger partial charge is 0.288 e. The van der Waals surface area contributed by atoms with Crippen LogP contribution in [0.3, 0.4) is 0 Å². The molecule has 6 heteroatoms. The van der Waals surface area contributed by atoms with E-state index in [0.29, 0.717) is 12.2 Å². The zero-order chi connectivity index (χ0) is 15.2. The van der Waals surface area contributed by atoms with Gasteiger partial charge in [0.05, 0.1) is 17.2 Å². The first kappa shape index (κ1) is 16.3. The molecular weight excluding hydrogens is 287 g/mol. The fraction of sp³-hybridized carbons (Fsp3) is 0.286. The Bertz CT molecular complexity index is 559. The number of nitriles is 1. The summed E-state index contributed by atoms with van der Waals surface area (Å²) < 4.78 is 37.8. The Labute approximate surface area is 119 Å². The van der Waals surface area contributed by atoms with Crippen LogP contribution in [0.4, 0.5) is 13.2 Å². The van der Waals surface area contributed by atoms with E-state index in [-0.39, 0.29) is 16.2 Å². The number of allylic oxidation sites excluding steroid dienone is 1. The van der Waals surface area contributed by atoms with E-state index in [1.807, 2.05) is 6.07 Å². The summed E-state index contributed by atoms with van der Waals surface area (Å²) in [7, 11) is 0. The van der Waals surface area contributed by atoms with E-state index in [9.17, 15) is 18.0 Å². The van der Waals surface area contributed by atoms with Gasteiger partial charge in [0.15, 0.2) is 5.12 Å². The highest BCUT2D eigenvalue weighted by atomic mass is 32.2. The van der Waals surface area contributed by atoms with E-state index >= 15 is 0 Å². The Morgan fingerprint density at radius 1 is 1.45 bits per heavy atom. The molecule has 0 saturated heterocycles. The number of rotatable bonds is 4. The molecule has 0 amide bonds. The molecule has 0 aromatic heterocycles. The van der Waals surface area contributed by atoms with Crippen LogP contribution in [0.25, 0.3) is 6.08 Å². The van der Waals surface area contributed by atoms with Crippen LogP contribution in [0, 0.1) is 11.3 Å². The van der Waals surface area contributed by atoms with Gasteiger partial charge in [-0.1, -0.05) is 23.9 Å². The first-order valence-corrected chi connectivity index (χ1v) is 6.74. The minimum atomic E-state index is -4.43. The van der Waals surface area contributed by atoms with E-state index in [2.05, 4.69) is 0 Å². The normalized spacial score (nSPS) is 11.6. The van der Waals surface area contributed by atoms with Crippen molar-refractivity contribution in [2.75, 3.05) is 5.75 Å². The Balaban J connectivity index is 2.84. The Morgan fingerprint density at radius 3 is 2.70 bits per heavy atom. The number of thioether (sulfide) groups is 1. The van der Waals surface area contributed by atoms with Crippen molar-refractivity contribution in [2.45, 2.75) is 19.5 Å². The minimum absolute atomic E-state index is 0.00446. The van der Waals surface area contributed by atoms with Gasteiger partial charge in [0, 0.05) is 12.7 Å². The molecule has 0 radical (unpaired) electrons. The fourth-order valence-corrected chi connectivity index (χ4v) is 2.00. The standard InChI is InChI=1S/C14H12F3NOS/c1-10(19)20-7-3-2-4-11-8-13(14(15,16)17)6-5-12(11)9-18/h2,4-6,8H,3,7H2,1H3. The lowest BCUT2D eigenvalue weighted by molar-refractivity contribution is -0.137. The molecule has 2 nitrogen and oxygen atoms in total. The van der Waals surface area contributed by atoms with Crippen molar-refractivity contribution in [2.24, 2.45) is 0 Å². The molecule has 0 aliphatic carbocycles. The summed E-state index contributed by atoms with van der Waals surface area (Å²) in [5, 5.41) is 8.87. The molecule has 0 saturated carbocycles. The van der Waals surface area contributed by atoms with Gasteiger partial charge in [0.25, 0.3) is 0 Å². The van der Waals surface area contributed by atoms with Crippen molar-refractivity contribution in [3.63, 3.8) is 0 Å². The first-order valence-electron chi connectivity index (χ1n) is 5.76. The molecule has 0 fully saturated rings. The van der Waals surface area contributed by atoms with E-state index in [4.69, 9.17) is 5.26 Å². The molecule has 1 aromatic rings. The SMILES string of the molecule is CC(=O)SCCC=Cc1cc(C(F)(F)F)ccc1C#N. The van der Waals surface area contributed by atoms with Crippen LogP contribution in [0.1, 0.15) is 30.0 Å². The summed E-state index contributed by atoms with van der Waals surface area (Å²) in [4.78, 5) is 10.7. The third-order valence-electron chi connectivity index (χ3n) is 2.39. The second-order valence-electron chi connectivity index (χ2n) is 3.94. The van der Waals surface area contributed by atoms with Gasteiger partial charge in [-0.05, 0) is 30.2 Å². The molecule has 0 spiro atoms. The van der Waals surface area contributed by atoms with Gasteiger partial charge < -0.3 is 0 Å². The van der Waals surface area contributed by atoms with Gasteiger partial charge in [-0.2, -0.15) is 18.4 Å². The fourth-order valence-electron chi connectivity index (χ4n) is 1.46. The summed E-state index contributed by atoms with van der Waals surface area (Å²) in [6.45, 7) is 1.45. The second kappa shape index (κ2) is 7.15. The second-order valence-corrected chi connectivity index (χ2v) is 5.21. The van der Waals surface area contributed by atoms with Crippen LogP contribution in [0.5, 0.6) is 0 Å². The molecular formula is C14H12F3NOS. The number of benzene rings is 1. The highest BCUT2D eigenvalue weighted by molar-refractivity contribution is 8.13. The summed E-state index contributed by atoms with van der Waals surface area (Å²) in [5.74, 6) is 0.562. The zero-order valence-electron chi connectivity index (χ0n) is 10.7. The van der Waals surface area contributed by atoms with Crippen molar-refractivity contribution in [1.29, 1.82) is 5.26 Å². The molecule has 1 aromatic carbocycles. The molecule has 0 aliphatic rings. The number of nitrogens with zero attached hydrogens (tertiary/aromatic N) is 1. The summed E-state index contributed by atoms with van der Waals surface area (Å²) in [6, 6.07) is 4.86. The van der Waals surface area contributed by atoms with E-state index in [1.165, 1.54) is 13.0 Å². The van der Waals surface area contributed by atoms with Gasteiger partial charge in [-0.3, -0.25) is 4.79 Å². The number of carbonyl (C=O) groups excluding carboxylic acids is 1. The monoisotopic (exact) mass is 299 g/mol. The van der Waals surface area contributed by atoms with Crippen LogP contribution in [-0.2, 0) is 11.0 Å². The molecule has 106 valence electrons. The van der Waals surface area contributed by atoms with Crippen molar-refractivity contribution < 1.29 is 18.0 Å². The first-order chi connectivity index (χ1) is 9.34. The largest absolute Gasteiger partial charge is 0.416 e. The zero-order valence-corrected chi connectivity index (χ0v) is 11.5. The molecule has 0 bridgehead atoms. The van der Waals surface area contributed by atoms with Crippen LogP contribution in [0.2, 0.25) is 0 Å². The predicted molar refractivity (Wildman–Crippen MR) is 72.9 cm³/mol. The molecule has 20 heavy (non-hydrogen) atoms. The van der Waals surface area contributed by atoms with Gasteiger partial charge >= 0.3 is 6.18 Å². The van der Waals surface area contributed by atoms with Crippen molar-refractivity contribution in [3.05, 3.63) is 41.0 Å². The lowest BCUT2D eigenvalue weighted by Gasteiger charge is -2.08. The van der Waals surface area contributed by atoms with E-state index < -0.39 is 11.7 Å². The highest BCUT2D eigenvalue weighted by Gasteiger charge is 2.30. The minimum Gasteiger partial charge on any atom is -0.288 e. The third-order valence-corrected chi connectivity index (χ3v) is 3.23. The van der Waals surface area contributed by atoms with Gasteiger partial charge in [0.1, 0.15) is 0 Å². The van der Waals surface area contributed by atoms with Crippen LogP contribution in [0.15, 0.2) is 24.3 Å². The highest BCUT2D eigenvalue weighted by Crippen LogP contribution is 2.30. The summed E-state index contributed by atoms with van der Waals surface area (Å²) >= 11 is 1.15. The lowest BCUT2D eigenvalue weighted by atomic mass is 10.0. The molecule has 0 heterocycles. The van der Waals surface area contributed by atoms with Crippen LogP contribution < -0.4 is 0 Å².